The lowest BCUT2D eigenvalue weighted by atomic mass is 10.1. The van der Waals surface area contributed by atoms with Crippen LogP contribution < -0.4 is 11.1 Å². The van der Waals surface area contributed by atoms with Crippen molar-refractivity contribution in [1.82, 2.24) is 4.90 Å². The highest BCUT2D eigenvalue weighted by Crippen LogP contribution is 2.19. The van der Waals surface area contributed by atoms with Gasteiger partial charge in [-0.1, -0.05) is 0 Å². The van der Waals surface area contributed by atoms with Crippen molar-refractivity contribution in [1.29, 1.82) is 0 Å². The van der Waals surface area contributed by atoms with Gasteiger partial charge < -0.3 is 25.8 Å². The Balaban J connectivity index is 1.88. The molecule has 0 unspecified atom stereocenters. The van der Waals surface area contributed by atoms with Gasteiger partial charge in [-0.05, 0) is 18.2 Å². The number of nitrogens with one attached hydrogen (secondary N) is 1. The van der Waals surface area contributed by atoms with Gasteiger partial charge in [0, 0.05) is 37.4 Å². The number of morpholine rings is 1. The predicted molar refractivity (Wildman–Crippen MR) is 78.3 cm³/mol. The highest BCUT2D eigenvalue weighted by Gasteiger charge is 2.16. The summed E-state index contributed by atoms with van der Waals surface area (Å²) in [6.07, 6.45) is 0.309. The van der Waals surface area contributed by atoms with Gasteiger partial charge >= 0.3 is 5.97 Å². The number of anilines is 2. The number of hydrogen-bond acceptors (Lipinski definition) is 5. The Hall–Kier alpha value is -2.28. The first-order chi connectivity index (χ1) is 10.1. The Morgan fingerprint density at radius 2 is 2.05 bits per heavy atom. The molecule has 2 rings (SSSR count). The van der Waals surface area contributed by atoms with E-state index in [-0.39, 0.29) is 11.5 Å². The minimum atomic E-state index is -1.05. The van der Waals surface area contributed by atoms with Gasteiger partial charge in [-0.15, -0.1) is 0 Å². The number of aromatic carboxylic acids is 1. The van der Waals surface area contributed by atoms with Gasteiger partial charge in [0.2, 0.25) is 5.91 Å². The van der Waals surface area contributed by atoms with Crippen LogP contribution in [0, 0.1) is 0 Å². The predicted octanol–water partition coefficient (Wildman–Crippen LogP) is 0.628. The normalized spacial score (nSPS) is 14.8. The lowest BCUT2D eigenvalue weighted by Gasteiger charge is -2.27. The summed E-state index contributed by atoms with van der Waals surface area (Å²) < 4.78 is 5.19. The molecule has 4 N–H and O–H groups in total. The summed E-state index contributed by atoms with van der Waals surface area (Å²) in [7, 11) is 0. The summed E-state index contributed by atoms with van der Waals surface area (Å²) in [6.45, 7) is 2.74. The molecular weight excluding hydrogens is 274 g/mol. The highest BCUT2D eigenvalue weighted by molar-refractivity contribution is 5.95. The fourth-order valence-corrected chi connectivity index (χ4v) is 2.17. The quantitative estimate of drug-likeness (QED) is 0.688. The first-order valence-corrected chi connectivity index (χ1v) is 6.80. The summed E-state index contributed by atoms with van der Waals surface area (Å²) in [6, 6.07) is 4.63. The van der Waals surface area contributed by atoms with Crippen molar-refractivity contribution in [3.63, 3.8) is 0 Å². The van der Waals surface area contributed by atoms with E-state index < -0.39 is 5.97 Å². The Morgan fingerprint density at radius 3 is 2.71 bits per heavy atom. The maximum Gasteiger partial charge on any atom is 0.337 e. The number of nitrogens with zero attached hydrogens (tertiary/aromatic N) is 1. The molecule has 1 aromatic carbocycles. The third-order valence-electron chi connectivity index (χ3n) is 3.29. The molecule has 0 bridgehead atoms. The number of nitrogens with two attached hydrogens (primary N) is 1. The van der Waals surface area contributed by atoms with Crippen LogP contribution in [0.1, 0.15) is 16.8 Å². The number of nitrogen functional groups attached to an aromatic ring is 1. The molecule has 1 saturated heterocycles. The van der Waals surface area contributed by atoms with Crippen LogP contribution in [0.3, 0.4) is 0 Å². The summed E-state index contributed by atoms with van der Waals surface area (Å²) in [5.41, 5.74) is 6.54. The molecule has 1 heterocycles. The molecule has 114 valence electrons. The molecule has 0 radical (unpaired) electrons. The van der Waals surface area contributed by atoms with E-state index in [4.69, 9.17) is 15.6 Å². The average Bonchev–Trinajstić information content (AvgIpc) is 2.49. The molecule has 0 spiro atoms. The molecule has 0 aliphatic carbocycles. The van der Waals surface area contributed by atoms with Crippen molar-refractivity contribution in [3.8, 4) is 0 Å². The van der Waals surface area contributed by atoms with Crippen LogP contribution in [0.25, 0.3) is 0 Å². The standard InChI is InChI=1S/C14H19N3O4/c15-10-1-2-12(11(9-10)14(19)20)16-4-3-13(18)17-5-7-21-8-6-17/h1-2,9,16H,3-8,15H2,(H,19,20). The number of hydrogen-bond donors (Lipinski definition) is 3. The number of amides is 1. The molecule has 0 saturated carbocycles. The smallest absolute Gasteiger partial charge is 0.337 e. The zero-order valence-corrected chi connectivity index (χ0v) is 11.7. The van der Waals surface area contributed by atoms with Crippen molar-refractivity contribution in [2.24, 2.45) is 0 Å². The molecule has 21 heavy (non-hydrogen) atoms. The minimum absolute atomic E-state index is 0.0399. The topological polar surface area (TPSA) is 105 Å². The third-order valence-corrected chi connectivity index (χ3v) is 3.29. The number of carbonyl (C=O) groups excluding carboxylic acids is 1. The molecule has 1 aliphatic rings. The maximum atomic E-state index is 12.0. The molecule has 1 aliphatic heterocycles. The van der Waals surface area contributed by atoms with Crippen molar-refractivity contribution in [2.75, 3.05) is 43.9 Å². The lowest BCUT2D eigenvalue weighted by molar-refractivity contribution is -0.134. The van der Waals surface area contributed by atoms with Crippen LogP contribution in [0.2, 0.25) is 0 Å². The minimum Gasteiger partial charge on any atom is -0.478 e. The summed E-state index contributed by atoms with van der Waals surface area (Å²) in [5, 5.41) is 12.1. The van der Waals surface area contributed by atoms with Crippen molar-refractivity contribution in [2.45, 2.75) is 6.42 Å². The van der Waals surface area contributed by atoms with Gasteiger partial charge in [0.1, 0.15) is 0 Å². The molecule has 0 aromatic heterocycles. The van der Waals surface area contributed by atoms with Gasteiger partial charge in [0.25, 0.3) is 0 Å². The van der Waals surface area contributed by atoms with Gasteiger partial charge in [-0.25, -0.2) is 4.79 Å². The number of carboxylic acids is 1. The molecule has 1 fully saturated rings. The zero-order valence-electron chi connectivity index (χ0n) is 11.7. The SMILES string of the molecule is Nc1ccc(NCCC(=O)N2CCOCC2)c(C(=O)O)c1. The van der Waals surface area contributed by atoms with E-state index in [1.54, 1.807) is 17.0 Å². The van der Waals surface area contributed by atoms with Crippen molar-refractivity contribution in [3.05, 3.63) is 23.8 Å². The summed E-state index contributed by atoms with van der Waals surface area (Å²) >= 11 is 0. The van der Waals surface area contributed by atoms with Crippen LogP contribution in [0.15, 0.2) is 18.2 Å². The van der Waals surface area contributed by atoms with E-state index in [1.165, 1.54) is 6.07 Å². The maximum absolute atomic E-state index is 12.0. The Kier molecular flexibility index (Phi) is 4.99. The fraction of sp³-hybridized carbons (Fsp3) is 0.429. The number of benzene rings is 1. The zero-order chi connectivity index (χ0) is 15.2. The van der Waals surface area contributed by atoms with Crippen molar-refractivity contribution < 1.29 is 19.4 Å². The van der Waals surface area contributed by atoms with Gasteiger partial charge in [-0.2, -0.15) is 0 Å². The van der Waals surface area contributed by atoms with E-state index in [0.717, 1.165) is 0 Å². The number of rotatable bonds is 5. The second-order valence-electron chi connectivity index (χ2n) is 4.78. The van der Waals surface area contributed by atoms with Crippen LogP contribution in [-0.4, -0.2) is 54.7 Å². The van der Waals surface area contributed by atoms with E-state index >= 15 is 0 Å². The first kappa shape index (κ1) is 15.1. The van der Waals surface area contributed by atoms with Crippen LogP contribution in [-0.2, 0) is 9.53 Å². The Bertz CT molecular complexity index is 527. The molecule has 7 nitrogen and oxygen atoms in total. The lowest BCUT2D eigenvalue weighted by Crippen LogP contribution is -2.41. The average molecular weight is 293 g/mol. The molecule has 1 aromatic rings. The summed E-state index contributed by atoms with van der Waals surface area (Å²) in [4.78, 5) is 24.8. The van der Waals surface area contributed by atoms with E-state index in [9.17, 15) is 9.59 Å². The van der Waals surface area contributed by atoms with Crippen LogP contribution in [0.4, 0.5) is 11.4 Å². The largest absolute Gasteiger partial charge is 0.478 e. The number of carbonyl (C=O) groups is 2. The van der Waals surface area contributed by atoms with E-state index in [1.807, 2.05) is 0 Å². The van der Waals surface area contributed by atoms with Gasteiger partial charge in [-0.3, -0.25) is 4.79 Å². The Labute approximate surface area is 122 Å². The van der Waals surface area contributed by atoms with Gasteiger partial charge in [0.15, 0.2) is 0 Å². The second-order valence-corrected chi connectivity index (χ2v) is 4.78. The van der Waals surface area contributed by atoms with Crippen LogP contribution >= 0.6 is 0 Å². The van der Waals surface area contributed by atoms with Crippen LogP contribution in [0.5, 0.6) is 0 Å². The highest BCUT2D eigenvalue weighted by atomic mass is 16.5. The monoisotopic (exact) mass is 293 g/mol. The number of ether oxygens (including phenoxy) is 1. The molecular formula is C14H19N3O4. The third kappa shape index (κ3) is 4.09. The molecule has 1 amide bonds. The molecule has 7 heteroatoms. The van der Waals surface area contributed by atoms with Crippen molar-refractivity contribution >= 4 is 23.3 Å². The molecule has 0 atom stereocenters. The number of carboxylic acid groups (broad SMARTS) is 1. The first-order valence-electron chi connectivity index (χ1n) is 6.80. The summed E-state index contributed by atoms with van der Waals surface area (Å²) in [5.74, 6) is -1.01. The van der Waals surface area contributed by atoms with E-state index in [2.05, 4.69) is 5.32 Å². The van der Waals surface area contributed by atoms with Gasteiger partial charge in [0.05, 0.1) is 18.8 Å². The fourth-order valence-electron chi connectivity index (χ4n) is 2.17. The van der Waals surface area contributed by atoms with E-state index in [0.29, 0.717) is 50.6 Å². The Morgan fingerprint density at radius 1 is 1.33 bits per heavy atom. The second kappa shape index (κ2) is 6.94.